The zero-order valence-electron chi connectivity index (χ0n) is 6.12. The lowest BCUT2D eigenvalue weighted by Gasteiger charge is -2.01. The first-order valence-electron chi connectivity index (χ1n) is 3.42. The minimum atomic E-state index is 0.733. The van der Waals surface area contributed by atoms with E-state index in [2.05, 4.69) is 25.3 Å². The largest absolute Gasteiger partial charge is 0.398 e. The summed E-state index contributed by atoms with van der Waals surface area (Å²) in [7, 11) is 0. The summed E-state index contributed by atoms with van der Waals surface area (Å²) >= 11 is 8.35. The Bertz CT molecular complexity index is 248. The fourth-order valence-corrected chi connectivity index (χ4v) is 1.37. The van der Waals surface area contributed by atoms with Crippen LogP contribution in [0, 0.1) is 0 Å². The van der Waals surface area contributed by atoms with Gasteiger partial charge in [-0.2, -0.15) is 12.6 Å². The zero-order chi connectivity index (χ0) is 8.27. The van der Waals surface area contributed by atoms with Gasteiger partial charge < -0.3 is 5.73 Å². The summed E-state index contributed by atoms with van der Waals surface area (Å²) in [5.41, 5.74) is 7.56. The summed E-state index contributed by atoms with van der Waals surface area (Å²) in [6, 6.07) is 5.86. The molecule has 0 fully saturated rings. The first-order chi connectivity index (χ1) is 5.24. The fraction of sp³-hybridized carbons (Fsp3) is 0.250. The van der Waals surface area contributed by atoms with Crippen molar-refractivity contribution < 1.29 is 0 Å². The van der Waals surface area contributed by atoms with Gasteiger partial charge in [0.2, 0.25) is 0 Å². The maximum absolute atomic E-state index is 5.59. The lowest BCUT2D eigenvalue weighted by atomic mass is 10.1. The third-order valence-corrected chi connectivity index (χ3v) is 2.11. The minimum Gasteiger partial charge on any atom is -0.398 e. The van der Waals surface area contributed by atoms with Gasteiger partial charge >= 0.3 is 0 Å². The van der Waals surface area contributed by atoms with Crippen LogP contribution >= 0.6 is 25.3 Å². The number of nitrogens with two attached hydrogens (primary N) is 1. The molecule has 0 unspecified atom stereocenters. The summed E-state index contributed by atoms with van der Waals surface area (Å²) in [6.07, 6.45) is 0.969. The van der Waals surface area contributed by atoms with Gasteiger partial charge in [0.25, 0.3) is 0 Å². The van der Waals surface area contributed by atoms with E-state index < -0.39 is 0 Å². The van der Waals surface area contributed by atoms with Gasteiger partial charge in [0.1, 0.15) is 0 Å². The van der Waals surface area contributed by atoms with Crippen molar-refractivity contribution in [2.24, 2.45) is 0 Å². The summed E-state index contributed by atoms with van der Waals surface area (Å²) < 4.78 is 0. The first-order valence-corrected chi connectivity index (χ1v) is 4.50. The number of hydrogen-bond acceptors (Lipinski definition) is 3. The predicted molar refractivity (Wildman–Crippen MR) is 55.7 cm³/mol. The molecule has 0 spiro atoms. The van der Waals surface area contributed by atoms with Crippen LogP contribution in [0.1, 0.15) is 5.56 Å². The van der Waals surface area contributed by atoms with E-state index in [-0.39, 0.29) is 0 Å². The highest BCUT2D eigenvalue weighted by Gasteiger charge is 1.95. The Morgan fingerprint density at radius 2 is 2.09 bits per heavy atom. The molecule has 1 aromatic rings. The van der Waals surface area contributed by atoms with Gasteiger partial charge in [-0.05, 0) is 29.9 Å². The Morgan fingerprint density at radius 1 is 1.36 bits per heavy atom. The molecule has 0 radical (unpaired) electrons. The van der Waals surface area contributed by atoms with Crippen molar-refractivity contribution in [3.05, 3.63) is 23.8 Å². The Balaban J connectivity index is 2.86. The number of hydrogen-bond donors (Lipinski definition) is 3. The molecule has 3 heteroatoms. The number of nitrogen functional groups attached to an aromatic ring is 1. The third-order valence-electron chi connectivity index (χ3n) is 1.50. The molecule has 0 bridgehead atoms. The molecular weight excluding hydrogens is 174 g/mol. The standard InChI is InChI=1S/C8H11NS2/c9-7-2-1-6(3-4-10)5-8(7)11/h1-2,5,10-11H,3-4,9H2. The van der Waals surface area contributed by atoms with E-state index >= 15 is 0 Å². The van der Waals surface area contributed by atoms with Crippen molar-refractivity contribution in [1.29, 1.82) is 0 Å². The normalized spacial score (nSPS) is 10.0. The molecule has 0 atom stereocenters. The highest BCUT2D eigenvalue weighted by Crippen LogP contribution is 2.17. The van der Waals surface area contributed by atoms with Crippen molar-refractivity contribution in [3.8, 4) is 0 Å². The average Bonchev–Trinajstić information content (AvgIpc) is 1.98. The van der Waals surface area contributed by atoms with Crippen LogP contribution in [0.25, 0.3) is 0 Å². The van der Waals surface area contributed by atoms with Gasteiger partial charge in [0.05, 0.1) is 0 Å². The van der Waals surface area contributed by atoms with Gasteiger partial charge in [0, 0.05) is 10.6 Å². The van der Waals surface area contributed by atoms with Crippen molar-refractivity contribution in [1.82, 2.24) is 0 Å². The molecule has 0 aromatic heterocycles. The van der Waals surface area contributed by atoms with Crippen LogP contribution in [0.4, 0.5) is 5.69 Å². The zero-order valence-corrected chi connectivity index (χ0v) is 7.91. The van der Waals surface area contributed by atoms with Gasteiger partial charge in [-0.25, -0.2) is 0 Å². The van der Waals surface area contributed by atoms with E-state index in [4.69, 9.17) is 5.73 Å². The molecule has 1 aromatic carbocycles. The van der Waals surface area contributed by atoms with E-state index in [1.165, 1.54) is 5.56 Å². The maximum atomic E-state index is 5.59. The molecule has 0 aliphatic rings. The van der Waals surface area contributed by atoms with E-state index in [1.807, 2.05) is 18.2 Å². The molecule has 0 heterocycles. The van der Waals surface area contributed by atoms with Gasteiger partial charge in [-0.3, -0.25) is 0 Å². The summed E-state index contributed by atoms with van der Waals surface area (Å²) in [5.74, 6) is 0.858. The molecule has 1 rings (SSSR count). The second-order valence-electron chi connectivity index (χ2n) is 2.37. The Hall–Kier alpha value is -0.280. The summed E-state index contributed by atoms with van der Waals surface area (Å²) in [4.78, 5) is 0.851. The SMILES string of the molecule is Nc1ccc(CCS)cc1S. The molecule has 0 aliphatic carbocycles. The maximum Gasteiger partial charge on any atom is 0.0449 e. The van der Waals surface area contributed by atoms with Crippen LogP contribution in [0.5, 0.6) is 0 Å². The molecule has 60 valence electrons. The van der Waals surface area contributed by atoms with Crippen LogP contribution in [-0.2, 0) is 6.42 Å². The molecular formula is C8H11NS2. The molecule has 0 saturated heterocycles. The second kappa shape index (κ2) is 3.93. The van der Waals surface area contributed by atoms with Crippen LogP contribution in [0.15, 0.2) is 23.1 Å². The lowest BCUT2D eigenvalue weighted by Crippen LogP contribution is -1.90. The number of thiol groups is 2. The second-order valence-corrected chi connectivity index (χ2v) is 3.30. The van der Waals surface area contributed by atoms with Crippen LogP contribution in [0.2, 0.25) is 0 Å². The molecule has 11 heavy (non-hydrogen) atoms. The van der Waals surface area contributed by atoms with E-state index in [0.717, 1.165) is 22.8 Å². The Kier molecular flexibility index (Phi) is 3.15. The highest BCUT2D eigenvalue weighted by molar-refractivity contribution is 7.80. The monoisotopic (exact) mass is 185 g/mol. The van der Waals surface area contributed by atoms with Crippen molar-refractivity contribution in [3.63, 3.8) is 0 Å². The number of rotatable bonds is 2. The quantitative estimate of drug-likeness (QED) is 0.477. The molecule has 2 N–H and O–H groups in total. The number of anilines is 1. The smallest absolute Gasteiger partial charge is 0.0449 e. The van der Waals surface area contributed by atoms with Gasteiger partial charge in [-0.15, -0.1) is 12.6 Å². The summed E-state index contributed by atoms with van der Waals surface area (Å²) in [5, 5.41) is 0. The topological polar surface area (TPSA) is 26.0 Å². The fourth-order valence-electron chi connectivity index (χ4n) is 0.874. The van der Waals surface area contributed by atoms with E-state index in [9.17, 15) is 0 Å². The Morgan fingerprint density at radius 3 is 2.64 bits per heavy atom. The third kappa shape index (κ3) is 2.34. The van der Waals surface area contributed by atoms with Crippen molar-refractivity contribution >= 4 is 30.9 Å². The molecule has 0 saturated carbocycles. The number of aryl methyl sites for hydroxylation is 1. The van der Waals surface area contributed by atoms with Crippen LogP contribution in [0.3, 0.4) is 0 Å². The first kappa shape index (κ1) is 8.81. The van der Waals surface area contributed by atoms with E-state index in [1.54, 1.807) is 0 Å². The molecule has 0 amide bonds. The number of benzene rings is 1. The minimum absolute atomic E-state index is 0.733. The lowest BCUT2D eigenvalue weighted by molar-refractivity contribution is 1.15. The average molecular weight is 185 g/mol. The van der Waals surface area contributed by atoms with Crippen molar-refractivity contribution in [2.45, 2.75) is 11.3 Å². The highest BCUT2D eigenvalue weighted by atomic mass is 32.1. The van der Waals surface area contributed by atoms with Crippen LogP contribution < -0.4 is 5.73 Å². The predicted octanol–water partition coefficient (Wildman–Crippen LogP) is 2.03. The molecule has 1 nitrogen and oxygen atoms in total. The van der Waals surface area contributed by atoms with Gasteiger partial charge in [-0.1, -0.05) is 6.07 Å². The van der Waals surface area contributed by atoms with Crippen LogP contribution in [-0.4, -0.2) is 5.75 Å². The van der Waals surface area contributed by atoms with E-state index in [0.29, 0.717) is 0 Å². The van der Waals surface area contributed by atoms with Gasteiger partial charge in [0.15, 0.2) is 0 Å². The summed E-state index contributed by atoms with van der Waals surface area (Å²) in [6.45, 7) is 0. The molecule has 0 aliphatic heterocycles. The Labute approximate surface area is 77.8 Å². The van der Waals surface area contributed by atoms with Crippen molar-refractivity contribution in [2.75, 3.05) is 11.5 Å².